The molecule has 2 fully saturated rings. The summed E-state index contributed by atoms with van der Waals surface area (Å²) in [6.07, 6.45) is 3.84. The first-order chi connectivity index (χ1) is 19.0. The standard InChI is InChI=1S/C26H28F2N6O5S/c1-26(36)10-4-7-21(26)34-22-16(13-20(23(34)35)39-24(27)28)15-30-25(32-22)31-17-8-11-33(12-9-17)40(37,38)19-6-3-5-18(14-19)29-2/h3,5-6,13-15,17,21,24,36H,4,7-12H2,1H3,(H,30,31,32)/t21-,26-/m1/s1. The first kappa shape index (κ1) is 27.9. The fourth-order valence-corrected chi connectivity index (χ4v) is 6.97. The Morgan fingerprint density at radius 3 is 2.65 bits per heavy atom. The molecule has 0 unspecified atom stereocenters. The number of pyridine rings is 1. The van der Waals surface area contributed by atoms with Crippen LogP contribution in [0, 0.1) is 6.57 Å². The summed E-state index contributed by atoms with van der Waals surface area (Å²) in [6, 6.07) is 6.21. The minimum atomic E-state index is -3.76. The van der Waals surface area contributed by atoms with Crippen molar-refractivity contribution in [2.75, 3.05) is 18.4 Å². The van der Waals surface area contributed by atoms with E-state index in [-0.39, 0.29) is 41.3 Å². The summed E-state index contributed by atoms with van der Waals surface area (Å²) in [4.78, 5) is 25.4. The maximum Gasteiger partial charge on any atom is 0.387 e. The number of alkyl halides is 2. The summed E-state index contributed by atoms with van der Waals surface area (Å²) in [7, 11) is -3.76. The number of piperidine rings is 1. The third kappa shape index (κ3) is 5.36. The summed E-state index contributed by atoms with van der Waals surface area (Å²) < 4.78 is 59.2. The van der Waals surface area contributed by atoms with Crippen molar-refractivity contribution >= 4 is 32.7 Å². The molecule has 2 atom stereocenters. The van der Waals surface area contributed by atoms with Gasteiger partial charge in [-0.2, -0.15) is 18.1 Å². The monoisotopic (exact) mass is 574 g/mol. The number of benzene rings is 1. The molecule has 1 aliphatic carbocycles. The molecule has 0 bridgehead atoms. The number of fused-ring (bicyclic) bond motifs is 1. The van der Waals surface area contributed by atoms with Crippen molar-refractivity contribution in [2.24, 2.45) is 0 Å². The molecule has 14 heteroatoms. The molecule has 1 saturated heterocycles. The molecular formula is C26H28F2N6O5S. The number of halogens is 2. The van der Waals surface area contributed by atoms with Crippen molar-refractivity contribution in [3.63, 3.8) is 0 Å². The van der Waals surface area contributed by atoms with Crippen LogP contribution < -0.4 is 15.6 Å². The molecule has 3 heterocycles. The van der Waals surface area contributed by atoms with Crippen LogP contribution in [-0.2, 0) is 10.0 Å². The Kier molecular flexibility index (Phi) is 7.47. The van der Waals surface area contributed by atoms with Gasteiger partial charge in [-0.1, -0.05) is 12.1 Å². The van der Waals surface area contributed by atoms with Crippen LogP contribution in [0.4, 0.5) is 20.4 Å². The quantitative estimate of drug-likeness (QED) is 0.409. The van der Waals surface area contributed by atoms with Gasteiger partial charge in [0.2, 0.25) is 16.0 Å². The van der Waals surface area contributed by atoms with Gasteiger partial charge in [0.05, 0.1) is 23.1 Å². The number of aliphatic hydroxyl groups is 1. The molecule has 2 aliphatic rings. The number of aromatic nitrogens is 3. The van der Waals surface area contributed by atoms with Gasteiger partial charge in [0.15, 0.2) is 11.4 Å². The van der Waals surface area contributed by atoms with Crippen LogP contribution in [0.25, 0.3) is 15.9 Å². The smallest absolute Gasteiger partial charge is 0.387 e. The summed E-state index contributed by atoms with van der Waals surface area (Å²) in [5.74, 6) is -0.364. The predicted octanol–water partition coefficient (Wildman–Crippen LogP) is 3.68. The highest BCUT2D eigenvalue weighted by Crippen LogP contribution is 2.40. The lowest BCUT2D eigenvalue weighted by Crippen LogP contribution is -2.42. The van der Waals surface area contributed by atoms with Gasteiger partial charge in [-0.15, -0.1) is 0 Å². The lowest BCUT2D eigenvalue weighted by Gasteiger charge is -2.32. The van der Waals surface area contributed by atoms with Crippen LogP contribution in [-0.4, -0.2) is 63.7 Å². The fraction of sp³-hybridized carbons (Fsp3) is 0.462. The Hall–Kier alpha value is -3.67. The molecular weight excluding hydrogens is 546 g/mol. The van der Waals surface area contributed by atoms with Gasteiger partial charge in [0, 0.05) is 30.7 Å². The Labute approximate surface area is 229 Å². The van der Waals surface area contributed by atoms with E-state index in [4.69, 9.17) is 6.57 Å². The number of anilines is 1. The zero-order valence-electron chi connectivity index (χ0n) is 21.6. The van der Waals surface area contributed by atoms with E-state index in [0.29, 0.717) is 37.5 Å². The van der Waals surface area contributed by atoms with Gasteiger partial charge in [-0.3, -0.25) is 9.36 Å². The van der Waals surface area contributed by atoms with Crippen LogP contribution in [0.15, 0.2) is 46.2 Å². The van der Waals surface area contributed by atoms with Crippen LogP contribution in [0.1, 0.15) is 45.1 Å². The molecule has 0 spiro atoms. The summed E-state index contributed by atoms with van der Waals surface area (Å²) >= 11 is 0. The highest BCUT2D eigenvalue weighted by Gasteiger charge is 2.40. The summed E-state index contributed by atoms with van der Waals surface area (Å²) in [5.41, 5.74) is -1.64. The minimum Gasteiger partial charge on any atom is -0.429 e. The van der Waals surface area contributed by atoms with Crippen molar-refractivity contribution in [1.82, 2.24) is 18.8 Å². The van der Waals surface area contributed by atoms with Gasteiger partial charge in [-0.05, 0) is 57.2 Å². The van der Waals surface area contributed by atoms with Crippen molar-refractivity contribution < 1.29 is 27.0 Å². The van der Waals surface area contributed by atoms with Crippen molar-refractivity contribution in [3.05, 3.63) is 58.3 Å². The molecule has 1 aliphatic heterocycles. The largest absolute Gasteiger partial charge is 0.429 e. The van der Waals surface area contributed by atoms with Crippen LogP contribution in [0.5, 0.6) is 5.75 Å². The number of nitrogens with zero attached hydrogens (tertiary/aromatic N) is 5. The molecule has 1 saturated carbocycles. The van der Waals surface area contributed by atoms with Gasteiger partial charge in [0.25, 0.3) is 5.56 Å². The first-order valence-corrected chi connectivity index (χ1v) is 14.3. The zero-order chi connectivity index (χ0) is 28.7. The lowest BCUT2D eigenvalue weighted by atomic mass is 10.00. The summed E-state index contributed by atoms with van der Waals surface area (Å²) in [6.45, 7) is 6.01. The first-order valence-electron chi connectivity index (χ1n) is 12.8. The van der Waals surface area contributed by atoms with Crippen molar-refractivity contribution in [3.8, 4) is 5.75 Å². The topological polar surface area (TPSA) is 131 Å². The van der Waals surface area contributed by atoms with E-state index in [9.17, 15) is 27.1 Å². The highest BCUT2D eigenvalue weighted by atomic mass is 32.2. The number of sulfonamides is 1. The zero-order valence-corrected chi connectivity index (χ0v) is 22.4. The molecule has 1 aromatic carbocycles. The average molecular weight is 575 g/mol. The fourth-order valence-electron chi connectivity index (χ4n) is 5.46. The van der Waals surface area contributed by atoms with Gasteiger partial charge >= 0.3 is 6.61 Å². The lowest BCUT2D eigenvalue weighted by molar-refractivity contribution is -0.0513. The van der Waals surface area contributed by atoms with E-state index >= 15 is 0 Å². The second-order valence-electron chi connectivity index (χ2n) is 10.2. The second kappa shape index (κ2) is 10.7. The van der Waals surface area contributed by atoms with Gasteiger partial charge in [0.1, 0.15) is 5.65 Å². The number of nitrogens with one attached hydrogen (secondary N) is 1. The maximum atomic E-state index is 13.2. The van der Waals surface area contributed by atoms with E-state index in [1.54, 1.807) is 19.1 Å². The molecule has 3 aromatic rings. The highest BCUT2D eigenvalue weighted by molar-refractivity contribution is 7.89. The molecule has 2 N–H and O–H groups in total. The van der Waals surface area contributed by atoms with Crippen LogP contribution >= 0.6 is 0 Å². The second-order valence-corrected chi connectivity index (χ2v) is 12.2. The van der Waals surface area contributed by atoms with E-state index in [2.05, 4.69) is 24.9 Å². The van der Waals surface area contributed by atoms with Gasteiger partial charge in [-0.25, -0.2) is 18.2 Å². The number of ether oxygens (including phenoxy) is 1. The van der Waals surface area contributed by atoms with E-state index in [1.165, 1.54) is 33.3 Å². The summed E-state index contributed by atoms with van der Waals surface area (Å²) in [5, 5.41) is 14.4. The van der Waals surface area contributed by atoms with E-state index < -0.39 is 39.6 Å². The third-order valence-electron chi connectivity index (χ3n) is 7.52. The molecule has 11 nitrogen and oxygen atoms in total. The maximum absolute atomic E-state index is 13.2. The Balaban J connectivity index is 1.38. The number of rotatable bonds is 7. The molecule has 2 aromatic heterocycles. The number of hydrogen-bond acceptors (Lipinski definition) is 8. The SMILES string of the molecule is [C-]#[N+]c1cccc(S(=O)(=O)N2CCC(Nc3ncc4cc(OC(F)F)c(=O)n([C@@H]5CCC[C@@]5(C)O)c4n3)CC2)c1. The van der Waals surface area contributed by atoms with Crippen LogP contribution in [0.2, 0.25) is 0 Å². The Morgan fingerprint density at radius 1 is 1.25 bits per heavy atom. The van der Waals surface area contributed by atoms with Crippen LogP contribution in [0.3, 0.4) is 0 Å². The molecule has 40 heavy (non-hydrogen) atoms. The molecule has 0 amide bonds. The Morgan fingerprint density at radius 2 is 2.00 bits per heavy atom. The van der Waals surface area contributed by atoms with Gasteiger partial charge < -0.3 is 15.2 Å². The molecule has 5 rings (SSSR count). The minimum absolute atomic E-state index is 0.0706. The van der Waals surface area contributed by atoms with Crippen molar-refractivity contribution in [2.45, 2.75) is 68.2 Å². The predicted molar refractivity (Wildman–Crippen MR) is 142 cm³/mol. The Bertz CT molecular complexity index is 1630. The normalized spacial score (nSPS) is 22.4. The van der Waals surface area contributed by atoms with E-state index in [0.717, 1.165) is 0 Å². The third-order valence-corrected chi connectivity index (χ3v) is 9.41. The van der Waals surface area contributed by atoms with E-state index in [1.807, 2.05) is 0 Å². The average Bonchev–Trinajstić information content (AvgIpc) is 3.27. The number of hydrogen-bond donors (Lipinski definition) is 2. The molecule has 0 radical (unpaired) electrons. The van der Waals surface area contributed by atoms with Crippen molar-refractivity contribution in [1.29, 1.82) is 0 Å². The molecule has 212 valence electrons.